The van der Waals surface area contributed by atoms with Crippen molar-refractivity contribution in [3.8, 4) is 10.4 Å². The van der Waals surface area contributed by atoms with Crippen LogP contribution in [0, 0.1) is 6.92 Å². The van der Waals surface area contributed by atoms with Gasteiger partial charge in [0.05, 0.1) is 16.8 Å². The Bertz CT molecular complexity index is 1160. The Morgan fingerprint density at radius 2 is 1.91 bits per heavy atom. The minimum atomic E-state index is 0. The van der Waals surface area contributed by atoms with Gasteiger partial charge in [0.25, 0.3) is 5.91 Å². The molecule has 0 aliphatic carbocycles. The summed E-state index contributed by atoms with van der Waals surface area (Å²) in [6.07, 6.45) is 3.86. The van der Waals surface area contributed by atoms with Crippen LogP contribution in [0.4, 0.5) is 11.5 Å². The van der Waals surface area contributed by atoms with Gasteiger partial charge in [-0.05, 0) is 74.8 Å². The van der Waals surface area contributed by atoms with E-state index in [0.717, 1.165) is 68.9 Å². The maximum absolute atomic E-state index is 13.4. The van der Waals surface area contributed by atoms with E-state index in [9.17, 15) is 4.79 Å². The third-order valence-electron chi connectivity index (χ3n) is 6.52. The summed E-state index contributed by atoms with van der Waals surface area (Å²) in [5.74, 6) is 1.10. The summed E-state index contributed by atoms with van der Waals surface area (Å²) in [5.41, 5.74) is 4.23. The van der Waals surface area contributed by atoms with Crippen LogP contribution >= 0.6 is 35.3 Å². The quantitative estimate of drug-likeness (QED) is 0.469. The first kappa shape index (κ1) is 24.0. The van der Waals surface area contributed by atoms with Crippen molar-refractivity contribution in [2.24, 2.45) is 0 Å². The number of aryl methyl sites for hydroxylation is 1. The second kappa shape index (κ2) is 9.63. The van der Waals surface area contributed by atoms with E-state index in [1.165, 1.54) is 0 Å². The molecule has 3 aromatic rings. The molecule has 1 saturated heterocycles. The van der Waals surface area contributed by atoms with Gasteiger partial charge in [-0.25, -0.2) is 4.98 Å². The van der Waals surface area contributed by atoms with Gasteiger partial charge in [0.1, 0.15) is 5.82 Å². The van der Waals surface area contributed by atoms with Gasteiger partial charge >= 0.3 is 0 Å². The van der Waals surface area contributed by atoms with Gasteiger partial charge in [-0.2, -0.15) is 0 Å². The number of anilines is 2. The molecule has 5 rings (SSSR count). The van der Waals surface area contributed by atoms with Crippen LogP contribution in [0.3, 0.4) is 0 Å². The highest BCUT2D eigenvalue weighted by Crippen LogP contribution is 2.37. The molecule has 174 valence electrons. The summed E-state index contributed by atoms with van der Waals surface area (Å²) in [4.78, 5) is 26.6. The average Bonchev–Trinajstić information content (AvgIpc) is 3.42. The first-order valence-electron chi connectivity index (χ1n) is 11.0. The lowest BCUT2D eigenvalue weighted by atomic mass is 10.1. The zero-order chi connectivity index (χ0) is 22.4. The van der Waals surface area contributed by atoms with Crippen LogP contribution in [-0.4, -0.2) is 55.6 Å². The molecule has 2 aliphatic heterocycles. The highest BCUT2D eigenvalue weighted by Gasteiger charge is 2.30. The largest absolute Gasteiger partial charge is 0.355 e. The predicted molar refractivity (Wildman–Crippen MR) is 141 cm³/mol. The molecule has 4 heterocycles. The Hall–Kier alpha value is -2.12. The van der Waals surface area contributed by atoms with Crippen molar-refractivity contribution >= 4 is 52.8 Å². The molecule has 1 aromatic carbocycles. The second-order valence-electron chi connectivity index (χ2n) is 8.86. The molecule has 1 fully saturated rings. The minimum absolute atomic E-state index is 0. The minimum Gasteiger partial charge on any atom is -0.355 e. The van der Waals surface area contributed by atoms with Crippen molar-refractivity contribution in [2.45, 2.75) is 25.8 Å². The lowest BCUT2D eigenvalue weighted by Crippen LogP contribution is -2.37. The standard InChI is InChI=1S/C25H27ClN4OS.ClH/c1-16-12-21(14-27-24(16)29-10-9-20(15-29)28(2)3)30-11-8-18-13-22(32-23(18)25(30)31)17-4-6-19(26)7-5-17;/h4-7,12-14,20H,8-11,15H2,1-3H3;1H/t20-;/m1./s1. The fourth-order valence-corrected chi connectivity index (χ4v) is 5.93. The maximum Gasteiger partial charge on any atom is 0.268 e. The molecular formula is C25H28Cl2N4OS. The second-order valence-corrected chi connectivity index (χ2v) is 10.4. The molecule has 0 radical (unpaired) electrons. The SMILES string of the molecule is Cc1cc(N2CCc3cc(-c4ccc(Cl)cc4)sc3C2=O)cnc1N1CC[C@@H](N(C)C)C1.Cl. The van der Waals surface area contributed by atoms with Crippen LogP contribution in [-0.2, 0) is 6.42 Å². The van der Waals surface area contributed by atoms with Crippen LogP contribution in [0.2, 0.25) is 5.02 Å². The van der Waals surface area contributed by atoms with Gasteiger partial charge in [0.15, 0.2) is 0 Å². The normalized spacial score (nSPS) is 18.0. The molecule has 0 spiro atoms. The van der Waals surface area contributed by atoms with Gasteiger partial charge in [0, 0.05) is 35.6 Å². The van der Waals surface area contributed by atoms with Gasteiger partial charge in [-0.3, -0.25) is 4.79 Å². The Morgan fingerprint density at radius 1 is 1.15 bits per heavy atom. The first-order chi connectivity index (χ1) is 15.4. The summed E-state index contributed by atoms with van der Waals surface area (Å²) in [6.45, 7) is 4.79. The van der Waals surface area contributed by atoms with Gasteiger partial charge in [-0.15, -0.1) is 23.7 Å². The number of carbonyl (C=O) groups is 1. The van der Waals surface area contributed by atoms with E-state index in [1.807, 2.05) is 35.4 Å². The number of fused-ring (bicyclic) bond motifs is 1. The summed E-state index contributed by atoms with van der Waals surface area (Å²) >= 11 is 7.59. The fraction of sp³-hybridized carbons (Fsp3) is 0.360. The number of rotatable bonds is 4. The van der Waals surface area contributed by atoms with E-state index < -0.39 is 0 Å². The molecule has 2 aliphatic rings. The number of nitrogens with zero attached hydrogens (tertiary/aromatic N) is 4. The molecule has 33 heavy (non-hydrogen) atoms. The van der Waals surface area contributed by atoms with E-state index in [0.29, 0.717) is 12.6 Å². The summed E-state index contributed by atoms with van der Waals surface area (Å²) in [5, 5.41) is 0.717. The van der Waals surface area contributed by atoms with Gasteiger partial charge in [0.2, 0.25) is 0 Å². The number of aromatic nitrogens is 1. The monoisotopic (exact) mass is 502 g/mol. The maximum atomic E-state index is 13.4. The molecule has 1 atom stereocenters. The van der Waals surface area contributed by atoms with Crippen molar-refractivity contribution in [3.05, 3.63) is 63.6 Å². The number of likely N-dealkylation sites (N-methyl/N-ethyl adjacent to an activating group) is 1. The zero-order valence-electron chi connectivity index (χ0n) is 19.0. The number of amides is 1. The molecule has 5 nitrogen and oxygen atoms in total. The third kappa shape index (κ3) is 4.62. The predicted octanol–water partition coefficient (Wildman–Crippen LogP) is 5.54. The number of benzene rings is 1. The lowest BCUT2D eigenvalue weighted by molar-refractivity contribution is 0.0985. The topological polar surface area (TPSA) is 39.7 Å². The van der Waals surface area contributed by atoms with Crippen LogP contribution in [0.15, 0.2) is 42.6 Å². The average molecular weight is 503 g/mol. The van der Waals surface area contributed by atoms with Crippen molar-refractivity contribution < 1.29 is 4.79 Å². The molecule has 0 saturated carbocycles. The molecule has 0 N–H and O–H groups in total. The Kier molecular flexibility index (Phi) is 7.01. The number of thiophene rings is 1. The number of hydrogen-bond acceptors (Lipinski definition) is 5. The molecule has 0 bridgehead atoms. The summed E-state index contributed by atoms with van der Waals surface area (Å²) in [6, 6.07) is 12.6. The van der Waals surface area contributed by atoms with Crippen molar-refractivity contribution in [1.82, 2.24) is 9.88 Å². The van der Waals surface area contributed by atoms with E-state index in [2.05, 4.69) is 43.0 Å². The van der Waals surface area contributed by atoms with Crippen molar-refractivity contribution in [3.63, 3.8) is 0 Å². The van der Waals surface area contributed by atoms with Crippen LogP contribution in [0.5, 0.6) is 0 Å². The number of hydrogen-bond donors (Lipinski definition) is 0. The molecule has 8 heteroatoms. The van der Waals surface area contributed by atoms with E-state index in [-0.39, 0.29) is 18.3 Å². The van der Waals surface area contributed by atoms with Crippen LogP contribution in [0.1, 0.15) is 27.2 Å². The van der Waals surface area contributed by atoms with Crippen molar-refractivity contribution in [2.75, 3.05) is 43.5 Å². The van der Waals surface area contributed by atoms with Gasteiger partial charge in [-0.1, -0.05) is 23.7 Å². The lowest BCUT2D eigenvalue weighted by Gasteiger charge is -2.28. The highest BCUT2D eigenvalue weighted by atomic mass is 35.5. The van der Waals surface area contributed by atoms with Crippen molar-refractivity contribution in [1.29, 1.82) is 0 Å². The number of pyridine rings is 1. The zero-order valence-corrected chi connectivity index (χ0v) is 21.4. The molecule has 1 amide bonds. The fourth-order valence-electron chi connectivity index (χ4n) is 4.64. The first-order valence-corrected chi connectivity index (χ1v) is 12.2. The Labute approximate surface area is 210 Å². The Balaban J connectivity index is 0.00000259. The van der Waals surface area contributed by atoms with Crippen LogP contribution < -0.4 is 9.80 Å². The molecule has 2 aromatic heterocycles. The smallest absolute Gasteiger partial charge is 0.268 e. The Morgan fingerprint density at radius 3 is 2.58 bits per heavy atom. The van der Waals surface area contributed by atoms with Crippen LogP contribution in [0.25, 0.3) is 10.4 Å². The molecular weight excluding hydrogens is 475 g/mol. The number of carbonyl (C=O) groups excluding carboxylic acids is 1. The van der Waals surface area contributed by atoms with E-state index in [1.54, 1.807) is 11.3 Å². The van der Waals surface area contributed by atoms with E-state index >= 15 is 0 Å². The molecule has 0 unspecified atom stereocenters. The third-order valence-corrected chi connectivity index (χ3v) is 7.99. The van der Waals surface area contributed by atoms with Gasteiger partial charge < -0.3 is 14.7 Å². The summed E-state index contributed by atoms with van der Waals surface area (Å²) < 4.78 is 0. The number of halogens is 2. The summed E-state index contributed by atoms with van der Waals surface area (Å²) in [7, 11) is 4.27. The van der Waals surface area contributed by atoms with E-state index in [4.69, 9.17) is 16.6 Å². The highest BCUT2D eigenvalue weighted by molar-refractivity contribution is 7.17.